The van der Waals surface area contributed by atoms with Crippen LogP contribution in [-0.4, -0.2) is 43.9 Å². The molecule has 0 fully saturated rings. The Bertz CT molecular complexity index is 1140. The summed E-state index contributed by atoms with van der Waals surface area (Å²) in [7, 11) is 0. The number of aromatic nitrogens is 3. The highest BCUT2D eigenvalue weighted by atomic mass is 79.9. The van der Waals surface area contributed by atoms with Crippen molar-refractivity contribution in [3.63, 3.8) is 0 Å². The van der Waals surface area contributed by atoms with Crippen molar-refractivity contribution in [2.75, 3.05) is 11.9 Å². The fourth-order valence-corrected chi connectivity index (χ4v) is 3.65. The number of unbranched alkanes of at least 4 members (excludes halogenated alkanes) is 1. The topological polar surface area (TPSA) is 97.2 Å². The first kappa shape index (κ1) is 20.0. The number of rotatable bonds is 6. The predicted octanol–water partition coefficient (Wildman–Crippen LogP) is 3.68. The molecule has 3 amide bonds. The number of hydrogen-bond acceptors (Lipinski definition) is 5. The maximum Gasteiger partial charge on any atom is 0.261 e. The zero-order valence-electron chi connectivity index (χ0n) is 16.1. The summed E-state index contributed by atoms with van der Waals surface area (Å²) in [6, 6.07) is 9.95. The molecule has 0 atom stereocenters. The van der Waals surface area contributed by atoms with Gasteiger partial charge >= 0.3 is 0 Å². The van der Waals surface area contributed by atoms with Crippen molar-refractivity contribution in [1.82, 2.24) is 19.7 Å². The van der Waals surface area contributed by atoms with Crippen LogP contribution in [0.5, 0.6) is 0 Å². The molecule has 3 aromatic rings. The van der Waals surface area contributed by atoms with Gasteiger partial charge in [-0.1, -0.05) is 29.3 Å². The number of anilines is 1. The van der Waals surface area contributed by atoms with E-state index in [-0.39, 0.29) is 22.9 Å². The lowest BCUT2D eigenvalue weighted by Gasteiger charge is -2.12. The van der Waals surface area contributed by atoms with Crippen LogP contribution in [-0.2, 0) is 0 Å². The maximum atomic E-state index is 12.9. The Morgan fingerprint density at radius 2 is 1.90 bits per heavy atom. The number of amides is 3. The van der Waals surface area contributed by atoms with Gasteiger partial charge < -0.3 is 5.32 Å². The van der Waals surface area contributed by atoms with E-state index in [0.717, 1.165) is 17.3 Å². The van der Waals surface area contributed by atoms with Gasteiger partial charge in [-0.3, -0.25) is 19.3 Å². The number of nitrogens with one attached hydrogen (secondary N) is 1. The molecular weight excluding hydrogens is 450 g/mol. The van der Waals surface area contributed by atoms with Crippen molar-refractivity contribution in [2.45, 2.75) is 19.8 Å². The third-order valence-electron chi connectivity index (χ3n) is 4.84. The smallest absolute Gasteiger partial charge is 0.261 e. The SMILES string of the molecule is CCCCN1C(=O)c2ccc(C(=O)Nc3cc(Br)ccc3-n3cncn3)cc2C1=O. The highest BCUT2D eigenvalue weighted by molar-refractivity contribution is 9.10. The third kappa shape index (κ3) is 3.63. The molecule has 152 valence electrons. The molecule has 9 heteroatoms. The minimum Gasteiger partial charge on any atom is -0.320 e. The molecular formula is C21H18BrN5O3. The molecule has 8 nitrogen and oxygen atoms in total. The monoisotopic (exact) mass is 467 g/mol. The number of benzene rings is 2. The molecule has 4 rings (SSSR count). The number of nitrogens with zero attached hydrogens (tertiary/aromatic N) is 4. The van der Waals surface area contributed by atoms with Gasteiger partial charge in [-0.15, -0.1) is 0 Å². The first-order valence-electron chi connectivity index (χ1n) is 9.45. The van der Waals surface area contributed by atoms with Crippen LogP contribution in [0.4, 0.5) is 5.69 Å². The zero-order chi connectivity index (χ0) is 21.3. The largest absolute Gasteiger partial charge is 0.320 e. The number of halogens is 1. The summed E-state index contributed by atoms with van der Waals surface area (Å²) in [4.78, 5) is 43.2. The van der Waals surface area contributed by atoms with E-state index in [9.17, 15) is 14.4 Å². The summed E-state index contributed by atoms with van der Waals surface area (Å²) in [6.45, 7) is 2.37. The minimum absolute atomic E-state index is 0.259. The lowest BCUT2D eigenvalue weighted by molar-refractivity contribution is 0.0652. The molecule has 0 aliphatic carbocycles. The predicted molar refractivity (Wildman–Crippen MR) is 114 cm³/mol. The Labute approximate surface area is 181 Å². The lowest BCUT2D eigenvalue weighted by atomic mass is 10.1. The summed E-state index contributed by atoms with van der Waals surface area (Å²) >= 11 is 3.40. The molecule has 0 saturated heterocycles. The lowest BCUT2D eigenvalue weighted by Crippen LogP contribution is -2.30. The molecule has 0 radical (unpaired) electrons. The van der Waals surface area contributed by atoms with E-state index < -0.39 is 5.91 Å². The van der Waals surface area contributed by atoms with Crippen LogP contribution in [0.2, 0.25) is 0 Å². The Kier molecular flexibility index (Phi) is 5.45. The molecule has 0 saturated carbocycles. The molecule has 1 aliphatic heterocycles. The number of carbonyl (C=O) groups excluding carboxylic acids is 3. The second kappa shape index (κ2) is 8.19. The van der Waals surface area contributed by atoms with Crippen molar-refractivity contribution in [3.8, 4) is 5.69 Å². The first-order chi connectivity index (χ1) is 14.5. The van der Waals surface area contributed by atoms with E-state index in [4.69, 9.17) is 0 Å². The Hall–Kier alpha value is -3.33. The molecule has 2 aromatic carbocycles. The van der Waals surface area contributed by atoms with Crippen molar-refractivity contribution in [1.29, 1.82) is 0 Å². The van der Waals surface area contributed by atoms with Crippen LogP contribution in [0, 0.1) is 0 Å². The normalized spacial score (nSPS) is 12.9. The van der Waals surface area contributed by atoms with E-state index in [1.165, 1.54) is 29.7 Å². The third-order valence-corrected chi connectivity index (χ3v) is 5.33. The van der Waals surface area contributed by atoms with Gasteiger partial charge in [0.1, 0.15) is 12.7 Å². The van der Waals surface area contributed by atoms with Gasteiger partial charge in [0.15, 0.2) is 0 Å². The average molecular weight is 468 g/mol. The molecule has 1 aromatic heterocycles. The molecule has 1 N–H and O–H groups in total. The number of carbonyl (C=O) groups is 3. The van der Waals surface area contributed by atoms with Crippen LogP contribution in [0.1, 0.15) is 50.8 Å². The van der Waals surface area contributed by atoms with Crippen LogP contribution in [0.3, 0.4) is 0 Å². The van der Waals surface area contributed by atoms with Gasteiger partial charge in [-0.2, -0.15) is 5.10 Å². The summed E-state index contributed by atoms with van der Waals surface area (Å²) in [5.41, 5.74) is 2.04. The van der Waals surface area contributed by atoms with E-state index in [2.05, 4.69) is 31.3 Å². The van der Waals surface area contributed by atoms with Gasteiger partial charge in [0, 0.05) is 16.6 Å². The second-order valence-electron chi connectivity index (χ2n) is 6.83. The van der Waals surface area contributed by atoms with Gasteiger partial charge in [0.05, 0.1) is 22.5 Å². The molecule has 2 heterocycles. The fourth-order valence-electron chi connectivity index (χ4n) is 3.29. The fraction of sp³-hybridized carbons (Fsp3) is 0.190. The van der Waals surface area contributed by atoms with Crippen LogP contribution < -0.4 is 5.32 Å². The van der Waals surface area contributed by atoms with Crippen LogP contribution in [0.25, 0.3) is 5.69 Å². The summed E-state index contributed by atoms with van der Waals surface area (Å²) in [6.07, 6.45) is 4.55. The molecule has 0 unspecified atom stereocenters. The van der Waals surface area contributed by atoms with E-state index >= 15 is 0 Å². The van der Waals surface area contributed by atoms with Crippen molar-refractivity contribution in [3.05, 3.63) is 70.2 Å². The summed E-state index contributed by atoms with van der Waals surface area (Å²) < 4.78 is 2.32. The highest BCUT2D eigenvalue weighted by Crippen LogP contribution is 2.27. The van der Waals surface area contributed by atoms with Crippen molar-refractivity contribution in [2.24, 2.45) is 0 Å². The molecule has 0 bridgehead atoms. The zero-order valence-corrected chi connectivity index (χ0v) is 17.7. The van der Waals surface area contributed by atoms with Crippen molar-refractivity contribution < 1.29 is 14.4 Å². The average Bonchev–Trinajstić information content (AvgIpc) is 3.34. The number of fused-ring (bicyclic) bond motifs is 1. The minimum atomic E-state index is -0.399. The number of hydrogen-bond donors (Lipinski definition) is 1. The van der Waals surface area contributed by atoms with Crippen molar-refractivity contribution >= 4 is 39.3 Å². The standard InChI is InChI=1S/C21H18BrN5O3/c1-2-3-8-26-20(29)15-6-4-13(9-16(15)21(26)30)19(28)25-17-10-14(22)5-7-18(17)27-12-23-11-24-27/h4-7,9-12H,2-3,8H2,1H3,(H,25,28). The second-order valence-corrected chi connectivity index (χ2v) is 7.75. The number of imide groups is 1. The van der Waals surface area contributed by atoms with E-state index in [1.54, 1.807) is 22.9 Å². The Morgan fingerprint density at radius 1 is 1.10 bits per heavy atom. The summed E-state index contributed by atoms with van der Waals surface area (Å²) in [5.74, 6) is -1.07. The maximum absolute atomic E-state index is 12.9. The van der Waals surface area contributed by atoms with Gasteiger partial charge in [-0.25, -0.2) is 9.67 Å². The van der Waals surface area contributed by atoms with Gasteiger partial charge in [0.25, 0.3) is 17.7 Å². The van der Waals surface area contributed by atoms with Gasteiger partial charge in [-0.05, 0) is 42.8 Å². The first-order valence-corrected chi connectivity index (χ1v) is 10.2. The molecule has 1 aliphatic rings. The van der Waals surface area contributed by atoms with E-state index in [0.29, 0.717) is 23.5 Å². The highest BCUT2D eigenvalue weighted by Gasteiger charge is 2.35. The Morgan fingerprint density at radius 3 is 2.63 bits per heavy atom. The van der Waals surface area contributed by atoms with Crippen LogP contribution in [0.15, 0.2) is 53.5 Å². The molecule has 30 heavy (non-hydrogen) atoms. The van der Waals surface area contributed by atoms with Crippen LogP contribution >= 0.6 is 15.9 Å². The Balaban J connectivity index is 1.61. The summed E-state index contributed by atoms with van der Waals surface area (Å²) in [5, 5.41) is 6.96. The molecule has 0 spiro atoms. The quantitative estimate of drug-likeness (QED) is 0.557. The van der Waals surface area contributed by atoms with Gasteiger partial charge in [0.2, 0.25) is 0 Å². The van der Waals surface area contributed by atoms with E-state index in [1.807, 2.05) is 13.0 Å².